The monoisotopic (exact) mass is 485 g/mol. The van der Waals surface area contributed by atoms with Crippen LogP contribution in [-0.2, 0) is 19.0 Å². The fraction of sp³-hybridized carbons (Fsp3) is 0.143. The minimum atomic E-state index is -4.45. The molecule has 0 unspecified atom stereocenters. The largest absolute Gasteiger partial charge is 0.416 e. The van der Waals surface area contributed by atoms with Crippen LogP contribution in [0.5, 0.6) is 0 Å². The van der Waals surface area contributed by atoms with E-state index in [9.17, 15) is 13.2 Å². The Bertz CT molecular complexity index is 1570. The van der Waals surface area contributed by atoms with E-state index in [-0.39, 0.29) is 18.4 Å². The van der Waals surface area contributed by atoms with Crippen LogP contribution in [0.2, 0.25) is 0 Å². The molecule has 5 nitrogen and oxygen atoms in total. The Morgan fingerprint density at radius 3 is 2.50 bits per heavy atom. The van der Waals surface area contributed by atoms with Crippen molar-refractivity contribution in [2.75, 3.05) is 0 Å². The van der Waals surface area contributed by atoms with Gasteiger partial charge >= 0.3 is 6.18 Å². The maximum Gasteiger partial charge on any atom is 0.416 e. The molecule has 0 saturated heterocycles. The van der Waals surface area contributed by atoms with Crippen LogP contribution < -0.4 is 0 Å². The summed E-state index contributed by atoms with van der Waals surface area (Å²) in [5.41, 5.74) is 5.20. The molecule has 8 heteroatoms. The minimum absolute atomic E-state index is 0.147. The summed E-state index contributed by atoms with van der Waals surface area (Å²) in [6, 6.07) is 15.7. The van der Waals surface area contributed by atoms with E-state index in [1.165, 1.54) is 18.2 Å². The van der Waals surface area contributed by atoms with Crippen molar-refractivity contribution < 1.29 is 13.2 Å². The number of nitrogens with one attached hydrogen (secondary N) is 1. The summed E-state index contributed by atoms with van der Waals surface area (Å²) >= 11 is 0. The molecule has 0 radical (unpaired) electrons. The highest BCUT2D eigenvalue weighted by molar-refractivity contribution is 5.84. The predicted molar refractivity (Wildman–Crippen MR) is 133 cm³/mol. The van der Waals surface area contributed by atoms with E-state index in [1.54, 1.807) is 18.5 Å². The summed E-state index contributed by atoms with van der Waals surface area (Å²) < 4.78 is 41.1. The van der Waals surface area contributed by atoms with Crippen LogP contribution in [-0.4, -0.2) is 24.9 Å². The normalized spacial score (nSPS) is 11.7. The third-order valence-corrected chi connectivity index (χ3v) is 5.86. The molecule has 0 aliphatic heterocycles. The third kappa shape index (κ3) is 4.75. The maximum atomic E-state index is 13.7. The average Bonchev–Trinajstić information content (AvgIpc) is 3.28. The Morgan fingerprint density at radius 2 is 1.75 bits per heavy atom. The van der Waals surface area contributed by atoms with E-state index >= 15 is 0 Å². The molecular formula is C28H22F3N5. The van der Waals surface area contributed by atoms with Gasteiger partial charge in [0.2, 0.25) is 0 Å². The highest BCUT2D eigenvalue weighted by Gasteiger charge is 2.33. The number of allylic oxidation sites excluding steroid dienone is 1. The number of hydrogen-bond donors (Lipinski definition) is 1. The predicted octanol–water partition coefficient (Wildman–Crippen LogP) is 6.73. The van der Waals surface area contributed by atoms with Gasteiger partial charge in [0.25, 0.3) is 0 Å². The van der Waals surface area contributed by atoms with Crippen molar-refractivity contribution in [3.63, 3.8) is 0 Å². The molecule has 5 aromatic rings. The second-order valence-electron chi connectivity index (χ2n) is 8.49. The Balaban J connectivity index is 1.60. The van der Waals surface area contributed by atoms with E-state index in [4.69, 9.17) is 4.98 Å². The molecule has 2 aromatic carbocycles. The van der Waals surface area contributed by atoms with Crippen molar-refractivity contribution in [3.05, 3.63) is 108 Å². The van der Waals surface area contributed by atoms with Crippen molar-refractivity contribution in [1.29, 1.82) is 0 Å². The summed E-state index contributed by atoms with van der Waals surface area (Å²) in [7, 11) is 0. The minimum Gasteiger partial charge on any atom is -0.340 e. The number of aryl methyl sites for hydroxylation is 1. The van der Waals surface area contributed by atoms with Gasteiger partial charge in [-0.1, -0.05) is 30.3 Å². The standard InChI is InChI=1S/C28H22F3N5/c1-3-5-19-9-8-18(14-21(19)28(29,30)31)15-25-35-26(27(36-25)23-7-4-6-17(2)34-23)20-10-11-22-24(16-20)33-13-12-32-22/h3-4,6-14,16H,1,5,15H2,2H3,(H,35,36). The molecule has 0 amide bonds. The number of aromatic nitrogens is 5. The third-order valence-electron chi connectivity index (χ3n) is 5.86. The lowest BCUT2D eigenvalue weighted by Gasteiger charge is -2.13. The van der Waals surface area contributed by atoms with Gasteiger partial charge in [-0.2, -0.15) is 13.2 Å². The van der Waals surface area contributed by atoms with Crippen LogP contribution in [0.3, 0.4) is 0 Å². The molecule has 0 aliphatic carbocycles. The van der Waals surface area contributed by atoms with Crippen molar-refractivity contribution in [2.45, 2.75) is 25.9 Å². The molecule has 3 heterocycles. The van der Waals surface area contributed by atoms with Crippen LogP contribution in [0.4, 0.5) is 13.2 Å². The number of fused-ring (bicyclic) bond motifs is 1. The summed E-state index contributed by atoms with van der Waals surface area (Å²) in [5, 5.41) is 0. The molecule has 0 bridgehead atoms. The summed E-state index contributed by atoms with van der Waals surface area (Å²) in [6.07, 6.45) is 0.618. The SMILES string of the molecule is C=CCc1ccc(Cc2nc(-c3ccc4nccnc4c3)c(-c3cccc(C)n3)[nH]2)cc1C(F)(F)F. The van der Waals surface area contributed by atoms with Gasteiger partial charge in [-0.25, -0.2) is 4.98 Å². The Morgan fingerprint density at radius 1 is 0.944 bits per heavy atom. The smallest absolute Gasteiger partial charge is 0.340 e. The summed E-state index contributed by atoms with van der Waals surface area (Å²) in [4.78, 5) is 21.4. The molecule has 0 aliphatic rings. The molecule has 0 spiro atoms. The van der Waals surface area contributed by atoms with Crippen molar-refractivity contribution >= 4 is 11.0 Å². The van der Waals surface area contributed by atoms with Crippen LogP contribution in [0.1, 0.15) is 28.2 Å². The average molecular weight is 486 g/mol. The number of benzene rings is 2. The molecule has 180 valence electrons. The van der Waals surface area contributed by atoms with Crippen LogP contribution in [0.15, 0.2) is 79.6 Å². The second kappa shape index (κ2) is 9.37. The molecule has 0 fully saturated rings. The first-order chi connectivity index (χ1) is 17.3. The van der Waals surface area contributed by atoms with Gasteiger partial charge in [0.1, 0.15) is 5.82 Å². The number of H-pyrrole nitrogens is 1. The number of aromatic amines is 1. The highest BCUT2D eigenvalue weighted by atomic mass is 19.4. The first kappa shape index (κ1) is 23.4. The number of halogens is 3. The second-order valence-corrected chi connectivity index (χ2v) is 8.49. The van der Waals surface area contributed by atoms with E-state index in [0.717, 1.165) is 22.3 Å². The molecule has 36 heavy (non-hydrogen) atoms. The topological polar surface area (TPSA) is 67.3 Å². The lowest BCUT2D eigenvalue weighted by molar-refractivity contribution is -0.138. The zero-order chi connectivity index (χ0) is 25.3. The molecule has 0 atom stereocenters. The zero-order valence-corrected chi connectivity index (χ0v) is 19.5. The van der Waals surface area contributed by atoms with Crippen LogP contribution in [0.25, 0.3) is 33.7 Å². The zero-order valence-electron chi connectivity index (χ0n) is 19.5. The lowest BCUT2D eigenvalue weighted by atomic mass is 9.99. The van der Waals surface area contributed by atoms with Crippen LogP contribution >= 0.6 is 0 Å². The number of imidazole rings is 1. The van der Waals surface area contributed by atoms with Gasteiger partial charge in [0, 0.05) is 30.1 Å². The molecule has 0 saturated carbocycles. The van der Waals surface area contributed by atoms with Gasteiger partial charge in [0.15, 0.2) is 0 Å². The van der Waals surface area contributed by atoms with E-state index in [0.29, 0.717) is 28.5 Å². The first-order valence-corrected chi connectivity index (χ1v) is 11.4. The van der Waals surface area contributed by atoms with Gasteiger partial charge in [-0.05, 0) is 54.8 Å². The highest BCUT2D eigenvalue weighted by Crippen LogP contribution is 2.35. The van der Waals surface area contributed by atoms with Gasteiger partial charge < -0.3 is 4.98 Å². The van der Waals surface area contributed by atoms with Gasteiger partial charge in [-0.15, -0.1) is 6.58 Å². The summed E-state index contributed by atoms with van der Waals surface area (Å²) in [5.74, 6) is 0.534. The molecule has 3 aromatic heterocycles. The van der Waals surface area contributed by atoms with Gasteiger partial charge in [0.05, 0.1) is 33.7 Å². The summed E-state index contributed by atoms with van der Waals surface area (Å²) in [6.45, 7) is 5.47. The molecular weight excluding hydrogens is 463 g/mol. The number of alkyl halides is 3. The Hall–Kier alpha value is -4.33. The van der Waals surface area contributed by atoms with Crippen LogP contribution in [0, 0.1) is 6.92 Å². The maximum absolute atomic E-state index is 13.7. The first-order valence-electron chi connectivity index (χ1n) is 11.4. The Kier molecular flexibility index (Phi) is 6.10. The fourth-order valence-electron chi connectivity index (χ4n) is 4.22. The van der Waals surface area contributed by atoms with Gasteiger partial charge in [-0.3, -0.25) is 15.0 Å². The number of pyridine rings is 1. The molecule has 5 rings (SSSR count). The van der Waals surface area contributed by atoms with Crippen molar-refractivity contribution in [3.8, 4) is 22.6 Å². The van der Waals surface area contributed by atoms with E-state index < -0.39 is 11.7 Å². The Labute approximate surface area is 205 Å². The fourth-order valence-corrected chi connectivity index (χ4v) is 4.22. The number of hydrogen-bond acceptors (Lipinski definition) is 4. The van der Waals surface area contributed by atoms with Crippen molar-refractivity contribution in [1.82, 2.24) is 24.9 Å². The lowest BCUT2D eigenvalue weighted by Crippen LogP contribution is -2.10. The van der Waals surface area contributed by atoms with Crippen molar-refractivity contribution in [2.24, 2.45) is 0 Å². The quantitative estimate of drug-likeness (QED) is 0.271. The van der Waals surface area contributed by atoms with E-state index in [2.05, 4.69) is 26.5 Å². The van der Waals surface area contributed by atoms with E-state index in [1.807, 2.05) is 43.3 Å². The number of nitrogens with zero attached hydrogens (tertiary/aromatic N) is 4. The molecule has 1 N–H and O–H groups in total. The number of rotatable bonds is 6.